The molecule has 1 aliphatic carbocycles. The zero-order valence-corrected chi connectivity index (χ0v) is 25.3. The summed E-state index contributed by atoms with van der Waals surface area (Å²) in [5.41, 5.74) is 3.05. The Morgan fingerprint density at radius 3 is 2.33 bits per heavy atom. The number of para-hydroxylation sites is 1. The van der Waals surface area contributed by atoms with Gasteiger partial charge >= 0.3 is 6.03 Å². The fraction of sp³-hybridized carbons (Fsp3) is 0.500. The maximum Gasteiger partial charge on any atom is 0.324 e. The van der Waals surface area contributed by atoms with Crippen LogP contribution in [-0.4, -0.2) is 85.4 Å². The molecule has 4 atom stereocenters. The lowest BCUT2D eigenvalue weighted by atomic mass is 9.87. The number of benzene rings is 2. The molecule has 0 bridgehead atoms. The van der Waals surface area contributed by atoms with Gasteiger partial charge in [0, 0.05) is 25.8 Å². The molecule has 2 aromatic rings. The zero-order valence-electron chi connectivity index (χ0n) is 25.3. The van der Waals surface area contributed by atoms with Gasteiger partial charge in [0.15, 0.2) is 0 Å². The van der Waals surface area contributed by atoms with Crippen LogP contribution >= 0.6 is 0 Å². The zero-order chi connectivity index (χ0) is 30.4. The number of carbonyl (C=O) groups excluding carboxylic acids is 4. The third kappa shape index (κ3) is 6.92. The molecule has 0 saturated carbocycles. The smallest absolute Gasteiger partial charge is 0.324 e. The average molecular weight is 577 g/mol. The first-order valence-electron chi connectivity index (χ1n) is 14.9. The van der Waals surface area contributed by atoms with Crippen LogP contribution in [0.3, 0.4) is 0 Å². The number of likely N-dealkylation sites (N-methyl/N-ethyl adjacent to an activating group) is 1. The van der Waals surface area contributed by atoms with Gasteiger partial charge < -0.3 is 25.8 Å². The number of nitrogens with zero attached hydrogens (tertiary/aromatic N) is 3. The minimum atomic E-state index is -0.909. The van der Waals surface area contributed by atoms with E-state index in [0.717, 1.165) is 30.5 Å². The number of anilines is 1. The SMILES string of the molecule is CN[C@@H](C)C(=O)N[C@H](C(=O)N1CCN(C(=O)N(C)c2ccccc2)C[C@H]1C(=O)NC1CCCc2ccccc21)C(C)C. The lowest BCUT2D eigenvalue weighted by molar-refractivity contribution is -0.147. The Morgan fingerprint density at radius 2 is 1.64 bits per heavy atom. The van der Waals surface area contributed by atoms with Crippen LogP contribution in [0.4, 0.5) is 10.5 Å². The number of nitrogens with one attached hydrogen (secondary N) is 3. The second-order valence-electron chi connectivity index (χ2n) is 11.6. The monoisotopic (exact) mass is 576 g/mol. The topological polar surface area (TPSA) is 114 Å². The predicted octanol–water partition coefficient (Wildman–Crippen LogP) is 2.70. The van der Waals surface area contributed by atoms with E-state index in [1.54, 1.807) is 35.7 Å². The van der Waals surface area contributed by atoms with E-state index in [9.17, 15) is 19.2 Å². The second-order valence-corrected chi connectivity index (χ2v) is 11.6. The Balaban J connectivity index is 1.59. The molecule has 1 heterocycles. The Hall–Kier alpha value is -3.92. The van der Waals surface area contributed by atoms with Gasteiger partial charge in [0.1, 0.15) is 12.1 Å². The molecular weight excluding hydrogens is 532 g/mol. The Labute approximate surface area is 248 Å². The molecule has 1 aliphatic heterocycles. The fourth-order valence-electron chi connectivity index (χ4n) is 5.69. The van der Waals surface area contributed by atoms with E-state index >= 15 is 0 Å². The van der Waals surface area contributed by atoms with Gasteiger partial charge in [-0.1, -0.05) is 56.3 Å². The lowest BCUT2D eigenvalue weighted by Crippen LogP contribution is -2.66. The number of hydrogen-bond donors (Lipinski definition) is 3. The minimum absolute atomic E-state index is 0.0492. The van der Waals surface area contributed by atoms with Crippen molar-refractivity contribution in [2.24, 2.45) is 5.92 Å². The highest BCUT2D eigenvalue weighted by Gasteiger charge is 2.42. The second kappa shape index (κ2) is 13.8. The number of rotatable bonds is 8. The van der Waals surface area contributed by atoms with Gasteiger partial charge in [0.05, 0.1) is 18.6 Å². The van der Waals surface area contributed by atoms with Crippen molar-refractivity contribution >= 4 is 29.4 Å². The highest BCUT2D eigenvalue weighted by molar-refractivity contribution is 5.95. The van der Waals surface area contributed by atoms with Crippen molar-refractivity contribution in [2.45, 2.75) is 64.2 Å². The minimum Gasteiger partial charge on any atom is -0.347 e. The maximum absolute atomic E-state index is 14.0. The first kappa shape index (κ1) is 31.0. The molecule has 1 unspecified atom stereocenters. The number of fused-ring (bicyclic) bond motifs is 1. The van der Waals surface area contributed by atoms with E-state index in [2.05, 4.69) is 22.0 Å². The summed E-state index contributed by atoms with van der Waals surface area (Å²) in [5.74, 6) is -1.12. The number of aryl methyl sites for hydroxylation is 1. The molecule has 10 heteroatoms. The number of piperazine rings is 1. The maximum atomic E-state index is 14.0. The van der Waals surface area contributed by atoms with Gasteiger partial charge in [-0.3, -0.25) is 19.3 Å². The van der Waals surface area contributed by atoms with Gasteiger partial charge in [-0.15, -0.1) is 0 Å². The van der Waals surface area contributed by atoms with Crippen molar-refractivity contribution < 1.29 is 19.2 Å². The standard InChI is InChI=1S/C32H44N6O4/c1-21(2)28(35-29(39)22(3)33-4)31(41)38-19-18-37(32(42)36(5)24-14-7-6-8-15-24)20-27(38)30(40)34-26-17-11-13-23-12-9-10-16-25(23)26/h6-10,12,14-16,21-22,26-28,33H,11,13,17-20H2,1-5H3,(H,34,40)(H,35,39)/t22-,26?,27-,28-/m0/s1. The highest BCUT2D eigenvalue weighted by atomic mass is 16.2. The summed E-state index contributed by atoms with van der Waals surface area (Å²) in [6.07, 6.45) is 2.72. The van der Waals surface area contributed by atoms with Crippen LogP contribution in [-0.2, 0) is 20.8 Å². The highest BCUT2D eigenvalue weighted by Crippen LogP contribution is 2.30. The molecule has 42 heavy (non-hydrogen) atoms. The molecule has 5 amide bonds. The van der Waals surface area contributed by atoms with Gasteiger partial charge in [0.2, 0.25) is 17.7 Å². The predicted molar refractivity (Wildman–Crippen MR) is 163 cm³/mol. The van der Waals surface area contributed by atoms with Gasteiger partial charge in [0.25, 0.3) is 0 Å². The number of carbonyl (C=O) groups is 4. The van der Waals surface area contributed by atoms with Crippen LogP contribution in [0, 0.1) is 5.92 Å². The molecule has 226 valence electrons. The number of hydrogen-bond acceptors (Lipinski definition) is 5. The summed E-state index contributed by atoms with van der Waals surface area (Å²) in [4.78, 5) is 59.0. The van der Waals surface area contributed by atoms with Gasteiger partial charge in [-0.05, 0) is 62.4 Å². The quantitative estimate of drug-likeness (QED) is 0.447. The summed E-state index contributed by atoms with van der Waals surface area (Å²) in [5, 5.41) is 8.98. The molecular formula is C32H44N6O4. The van der Waals surface area contributed by atoms with Crippen molar-refractivity contribution in [3.63, 3.8) is 0 Å². The Morgan fingerprint density at radius 1 is 0.952 bits per heavy atom. The van der Waals surface area contributed by atoms with E-state index in [1.807, 2.05) is 62.4 Å². The van der Waals surface area contributed by atoms with E-state index in [-0.39, 0.29) is 55.3 Å². The Bertz CT molecular complexity index is 1270. The molecule has 0 radical (unpaired) electrons. The van der Waals surface area contributed by atoms with Crippen LogP contribution in [0.5, 0.6) is 0 Å². The number of urea groups is 1. The van der Waals surface area contributed by atoms with Gasteiger partial charge in [-0.2, -0.15) is 0 Å². The van der Waals surface area contributed by atoms with Crippen LogP contribution in [0.1, 0.15) is 50.8 Å². The molecule has 4 rings (SSSR count). The van der Waals surface area contributed by atoms with Crippen LogP contribution in [0.2, 0.25) is 0 Å². The lowest BCUT2D eigenvalue weighted by Gasteiger charge is -2.43. The molecule has 2 aliphatic rings. The molecule has 0 aromatic heterocycles. The van der Waals surface area contributed by atoms with Crippen molar-refractivity contribution in [2.75, 3.05) is 38.6 Å². The van der Waals surface area contributed by atoms with E-state index in [1.165, 1.54) is 5.56 Å². The summed E-state index contributed by atoms with van der Waals surface area (Å²) in [6, 6.07) is 14.8. The molecule has 1 saturated heterocycles. The van der Waals surface area contributed by atoms with Crippen LogP contribution in [0.25, 0.3) is 0 Å². The van der Waals surface area contributed by atoms with E-state index < -0.39 is 18.1 Å². The fourth-order valence-corrected chi connectivity index (χ4v) is 5.69. The number of amides is 5. The Kier molecular flexibility index (Phi) is 10.2. The van der Waals surface area contributed by atoms with Gasteiger partial charge in [-0.25, -0.2) is 4.79 Å². The summed E-state index contributed by atoms with van der Waals surface area (Å²) in [6.45, 7) is 5.96. The first-order valence-corrected chi connectivity index (χ1v) is 14.9. The van der Waals surface area contributed by atoms with Crippen molar-refractivity contribution in [1.29, 1.82) is 0 Å². The van der Waals surface area contributed by atoms with E-state index in [4.69, 9.17) is 0 Å². The third-order valence-corrected chi connectivity index (χ3v) is 8.41. The summed E-state index contributed by atoms with van der Waals surface area (Å²) >= 11 is 0. The van der Waals surface area contributed by atoms with E-state index in [0.29, 0.717) is 0 Å². The largest absolute Gasteiger partial charge is 0.347 e. The third-order valence-electron chi connectivity index (χ3n) is 8.41. The molecule has 3 N–H and O–H groups in total. The van der Waals surface area contributed by atoms with Crippen LogP contribution in [0.15, 0.2) is 54.6 Å². The molecule has 1 fully saturated rings. The van der Waals surface area contributed by atoms with Crippen molar-refractivity contribution in [3.8, 4) is 0 Å². The van der Waals surface area contributed by atoms with Crippen molar-refractivity contribution in [3.05, 3.63) is 65.7 Å². The molecule has 2 aromatic carbocycles. The normalized spacial score (nSPS) is 19.9. The van der Waals surface area contributed by atoms with Crippen molar-refractivity contribution in [1.82, 2.24) is 25.8 Å². The average Bonchev–Trinajstić information content (AvgIpc) is 3.02. The molecule has 10 nitrogen and oxygen atoms in total. The molecule has 0 spiro atoms. The van der Waals surface area contributed by atoms with Crippen LogP contribution < -0.4 is 20.9 Å². The summed E-state index contributed by atoms with van der Waals surface area (Å²) in [7, 11) is 3.39. The summed E-state index contributed by atoms with van der Waals surface area (Å²) < 4.78 is 0. The first-order chi connectivity index (χ1) is 20.1.